The topological polar surface area (TPSA) is 153 Å². The molecular formula is C23H25N3O8S. The average molecular weight is 504 g/mol. The van der Waals surface area contributed by atoms with Gasteiger partial charge in [-0.05, 0) is 49.2 Å². The summed E-state index contributed by atoms with van der Waals surface area (Å²) < 4.78 is 38.8. The second-order valence-electron chi connectivity index (χ2n) is 8.08. The maximum atomic E-state index is 13.6. The normalized spacial score (nSPS) is 12.6. The first kappa shape index (κ1) is 25.8. The van der Waals surface area contributed by atoms with Gasteiger partial charge in [0, 0.05) is 17.7 Å². The van der Waals surface area contributed by atoms with Crippen LogP contribution >= 0.6 is 0 Å². The fourth-order valence-electron chi connectivity index (χ4n) is 3.53. The molecule has 1 N–H and O–H groups in total. The molecule has 0 fully saturated rings. The monoisotopic (exact) mass is 503 g/mol. The Hall–Kier alpha value is -3.77. The highest BCUT2D eigenvalue weighted by atomic mass is 32.2. The first-order chi connectivity index (χ1) is 16.4. The van der Waals surface area contributed by atoms with Crippen molar-refractivity contribution in [2.24, 2.45) is 5.92 Å². The number of hydrogen-bond acceptors (Lipinski definition) is 8. The zero-order valence-corrected chi connectivity index (χ0v) is 20.4. The maximum Gasteiger partial charge on any atom is 0.322 e. The van der Waals surface area contributed by atoms with Crippen LogP contribution in [0.25, 0.3) is 11.5 Å². The van der Waals surface area contributed by atoms with E-state index in [-0.39, 0.29) is 28.7 Å². The standard InChI is InChI=1S/C23H25N3O8S/c1-14(2)21(23(27)28)25(35(31,32)19-11-9-18(33-4)10-12-19)13-20-15(3)34-22(24-20)16-5-7-17(8-6-16)26(29)30/h5-12,14,21H,13H2,1-4H3,(H,27,28)/t21-/m1/s1. The van der Waals surface area contributed by atoms with E-state index in [4.69, 9.17) is 9.15 Å². The number of nitrogens with zero attached hydrogens (tertiary/aromatic N) is 3. The van der Waals surface area contributed by atoms with Gasteiger partial charge in [-0.1, -0.05) is 13.8 Å². The van der Waals surface area contributed by atoms with E-state index >= 15 is 0 Å². The van der Waals surface area contributed by atoms with Gasteiger partial charge in [-0.3, -0.25) is 14.9 Å². The number of carboxylic acid groups (broad SMARTS) is 1. The fourth-order valence-corrected chi connectivity index (χ4v) is 5.20. The molecule has 0 bridgehead atoms. The molecule has 0 amide bonds. The molecule has 1 aromatic heterocycles. The van der Waals surface area contributed by atoms with Crippen LogP contribution in [0.4, 0.5) is 5.69 Å². The molecule has 0 aliphatic rings. The maximum absolute atomic E-state index is 13.6. The van der Waals surface area contributed by atoms with Crippen molar-refractivity contribution in [1.82, 2.24) is 9.29 Å². The van der Waals surface area contributed by atoms with Crippen LogP contribution in [0, 0.1) is 23.0 Å². The third kappa shape index (κ3) is 5.49. The molecule has 0 saturated carbocycles. The van der Waals surface area contributed by atoms with Gasteiger partial charge in [0.05, 0.1) is 29.2 Å². The smallest absolute Gasteiger partial charge is 0.322 e. The predicted molar refractivity (Wildman–Crippen MR) is 125 cm³/mol. The van der Waals surface area contributed by atoms with Gasteiger partial charge in [-0.15, -0.1) is 0 Å². The van der Waals surface area contributed by atoms with Crippen molar-refractivity contribution in [2.45, 2.75) is 38.3 Å². The van der Waals surface area contributed by atoms with Crippen LogP contribution in [0.3, 0.4) is 0 Å². The second-order valence-corrected chi connectivity index (χ2v) is 9.97. The van der Waals surface area contributed by atoms with Crippen LogP contribution in [-0.2, 0) is 21.4 Å². The van der Waals surface area contributed by atoms with Gasteiger partial charge in [-0.25, -0.2) is 13.4 Å². The number of non-ortho nitro benzene ring substituents is 1. The molecule has 2 aromatic carbocycles. The Balaban J connectivity index is 2.03. The van der Waals surface area contributed by atoms with E-state index in [2.05, 4.69) is 4.98 Å². The van der Waals surface area contributed by atoms with Crippen LogP contribution in [0.5, 0.6) is 5.75 Å². The second kappa shape index (κ2) is 10.2. The number of nitro groups is 1. The largest absolute Gasteiger partial charge is 0.497 e. The highest BCUT2D eigenvalue weighted by Gasteiger charge is 2.39. The lowest BCUT2D eigenvalue weighted by atomic mass is 10.0. The van der Waals surface area contributed by atoms with Gasteiger partial charge in [-0.2, -0.15) is 4.31 Å². The first-order valence-electron chi connectivity index (χ1n) is 10.6. The van der Waals surface area contributed by atoms with E-state index in [0.717, 1.165) is 4.31 Å². The van der Waals surface area contributed by atoms with Crippen LogP contribution in [0.15, 0.2) is 57.8 Å². The molecule has 0 aliphatic heterocycles. The van der Waals surface area contributed by atoms with Gasteiger partial charge < -0.3 is 14.3 Å². The SMILES string of the molecule is COc1ccc(S(=O)(=O)N(Cc2nc(-c3ccc([N+](=O)[O-])cc3)oc2C)[C@@H](C(=O)O)C(C)C)cc1. The third-order valence-electron chi connectivity index (χ3n) is 5.38. The van der Waals surface area contributed by atoms with Crippen molar-refractivity contribution in [1.29, 1.82) is 0 Å². The molecule has 3 rings (SSSR count). The summed E-state index contributed by atoms with van der Waals surface area (Å²) in [6, 6.07) is 9.80. The average Bonchev–Trinajstić information content (AvgIpc) is 3.18. The van der Waals surface area contributed by atoms with Crippen molar-refractivity contribution >= 4 is 21.7 Å². The number of aromatic nitrogens is 1. The lowest BCUT2D eigenvalue weighted by Gasteiger charge is -2.30. The molecule has 0 spiro atoms. The van der Waals surface area contributed by atoms with E-state index in [1.807, 2.05) is 0 Å². The van der Waals surface area contributed by atoms with Crippen LogP contribution in [0.2, 0.25) is 0 Å². The zero-order valence-electron chi connectivity index (χ0n) is 19.5. The molecule has 1 atom stereocenters. The van der Waals surface area contributed by atoms with E-state index in [0.29, 0.717) is 17.1 Å². The Bertz CT molecular complexity index is 1320. The fraction of sp³-hybridized carbons (Fsp3) is 0.304. The quantitative estimate of drug-likeness (QED) is 0.321. The highest BCUT2D eigenvalue weighted by molar-refractivity contribution is 7.89. The summed E-state index contributed by atoms with van der Waals surface area (Å²) in [7, 11) is -2.81. The third-order valence-corrected chi connectivity index (χ3v) is 7.23. The molecule has 0 radical (unpaired) electrons. The minimum atomic E-state index is -4.26. The summed E-state index contributed by atoms with van der Waals surface area (Å²) in [5.41, 5.74) is 0.575. The van der Waals surface area contributed by atoms with E-state index in [1.54, 1.807) is 20.8 Å². The molecule has 0 saturated heterocycles. The lowest BCUT2D eigenvalue weighted by Crippen LogP contribution is -2.47. The molecule has 1 heterocycles. The number of aliphatic carboxylic acids is 1. The Kier molecular flexibility index (Phi) is 7.56. The number of hydrogen-bond donors (Lipinski definition) is 1. The number of oxazole rings is 1. The number of aryl methyl sites for hydroxylation is 1. The number of ether oxygens (including phenoxy) is 1. The van der Waals surface area contributed by atoms with Gasteiger partial charge in [0.1, 0.15) is 17.6 Å². The number of methoxy groups -OCH3 is 1. The number of rotatable bonds is 10. The Morgan fingerprint density at radius 3 is 2.26 bits per heavy atom. The van der Waals surface area contributed by atoms with Crippen molar-refractivity contribution in [3.8, 4) is 17.2 Å². The molecule has 0 unspecified atom stereocenters. The molecule has 0 aliphatic carbocycles. The number of benzene rings is 2. The minimum absolute atomic E-state index is 0.0954. The number of nitro benzene ring substituents is 1. The molecule has 11 nitrogen and oxygen atoms in total. The first-order valence-corrected chi connectivity index (χ1v) is 12.0. The lowest BCUT2D eigenvalue weighted by molar-refractivity contribution is -0.384. The van der Waals surface area contributed by atoms with Gasteiger partial charge >= 0.3 is 5.97 Å². The molecular weight excluding hydrogens is 478 g/mol. The molecule has 186 valence electrons. The van der Waals surface area contributed by atoms with E-state index in [9.17, 15) is 28.4 Å². The Labute approximate surface area is 202 Å². The summed E-state index contributed by atoms with van der Waals surface area (Å²) in [4.78, 5) is 26.8. The molecule has 12 heteroatoms. The summed E-state index contributed by atoms with van der Waals surface area (Å²) >= 11 is 0. The Morgan fingerprint density at radius 2 is 1.77 bits per heavy atom. The van der Waals surface area contributed by atoms with E-state index in [1.165, 1.54) is 55.6 Å². The summed E-state index contributed by atoms with van der Waals surface area (Å²) in [5, 5.41) is 20.8. The van der Waals surface area contributed by atoms with Crippen molar-refractivity contribution < 1.29 is 32.4 Å². The van der Waals surface area contributed by atoms with Gasteiger partial charge in [0.15, 0.2) is 0 Å². The van der Waals surface area contributed by atoms with Crippen molar-refractivity contribution in [2.75, 3.05) is 7.11 Å². The number of carboxylic acids is 1. The summed E-state index contributed by atoms with van der Waals surface area (Å²) in [5.74, 6) is -0.975. The summed E-state index contributed by atoms with van der Waals surface area (Å²) in [6.45, 7) is 4.47. The van der Waals surface area contributed by atoms with Crippen LogP contribution in [0.1, 0.15) is 25.3 Å². The van der Waals surface area contributed by atoms with Crippen LogP contribution < -0.4 is 4.74 Å². The van der Waals surface area contributed by atoms with Crippen molar-refractivity contribution in [3.05, 3.63) is 70.1 Å². The molecule has 3 aromatic rings. The van der Waals surface area contributed by atoms with Crippen LogP contribution in [-0.4, -0.2) is 46.9 Å². The van der Waals surface area contributed by atoms with Gasteiger partial charge in [0.2, 0.25) is 15.9 Å². The number of sulfonamides is 1. The van der Waals surface area contributed by atoms with Gasteiger partial charge in [0.25, 0.3) is 5.69 Å². The minimum Gasteiger partial charge on any atom is -0.497 e. The molecule has 35 heavy (non-hydrogen) atoms. The summed E-state index contributed by atoms with van der Waals surface area (Å²) in [6.07, 6.45) is 0. The number of carbonyl (C=O) groups is 1. The van der Waals surface area contributed by atoms with Crippen molar-refractivity contribution in [3.63, 3.8) is 0 Å². The predicted octanol–water partition coefficient (Wildman–Crippen LogP) is 3.87. The zero-order chi connectivity index (χ0) is 25.9. The van der Waals surface area contributed by atoms with E-state index < -0.39 is 32.9 Å². The highest BCUT2D eigenvalue weighted by Crippen LogP contribution is 2.29. The Morgan fingerprint density at radius 1 is 1.17 bits per heavy atom.